The third-order valence-corrected chi connectivity index (χ3v) is 3.69. The van der Waals surface area contributed by atoms with Gasteiger partial charge in [-0.2, -0.15) is 0 Å². The first-order valence-electron chi connectivity index (χ1n) is 8.37. The van der Waals surface area contributed by atoms with Crippen LogP contribution in [0.4, 0.5) is 4.79 Å². The molecule has 0 aliphatic carbocycles. The third kappa shape index (κ3) is 5.51. The summed E-state index contributed by atoms with van der Waals surface area (Å²) in [5.74, 6) is -0.553. The molecule has 1 rings (SSSR count). The number of carbonyl (C=O) groups excluding carboxylic acids is 2. The summed E-state index contributed by atoms with van der Waals surface area (Å²) < 4.78 is 10.9. The zero-order chi connectivity index (χ0) is 18.7. The summed E-state index contributed by atoms with van der Waals surface area (Å²) in [6, 6.07) is -1.07. The Kier molecular flexibility index (Phi) is 6.45. The fraction of sp³-hybridized carbons (Fsp3) is 0.778. The van der Waals surface area contributed by atoms with Crippen molar-refractivity contribution in [1.29, 1.82) is 0 Å². The van der Waals surface area contributed by atoms with E-state index in [1.54, 1.807) is 47.6 Å². The maximum Gasteiger partial charge on any atom is 0.411 e. The van der Waals surface area contributed by atoms with Crippen molar-refractivity contribution in [3.63, 3.8) is 0 Å². The zero-order valence-corrected chi connectivity index (χ0v) is 15.7. The normalized spacial score (nSPS) is 24.6. The van der Waals surface area contributed by atoms with Crippen LogP contribution in [0, 0.1) is 5.92 Å². The van der Waals surface area contributed by atoms with E-state index in [4.69, 9.17) is 9.47 Å². The lowest BCUT2D eigenvalue weighted by Gasteiger charge is -2.33. The number of hydrogen-bond acceptors (Lipinski definition) is 5. The molecule has 1 fully saturated rings. The van der Waals surface area contributed by atoms with Gasteiger partial charge >= 0.3 is 12.1 Å². The van der Waals surface area contributed by atoms with E-state index in [0.717, 1.165) is 0 Å². The minimum absolute atomic E-state index is 0.0880. The molecular weight excluding hydrogens is 310 g/mol. The van der Waals surface area contributed by atoms with Crippen molar-refractivity contribution in [3.8, 4) is 0 Å². The van der Waals surface area contributed by atoms with Gasteiger partial charge in [0.1, 0.15) is 17.2 Å². The van der Waals surface area contributed by atoms with Crippen molar-refractivity contribution in [2.24, 2.45) is 5.92 Å². The van der Waals surface area contributed by atoms with Gasteiger partial charge in [0.15, 0.2) is 0 Å². The predicted octanol–water partition coefficient (Wildman–Crippen LogP) is 2.89. The van der Waals surface area contributed by atoms with Gasteiger partial charge in [-0.05, 0) is 60.3 Å². The molecule has 0 aromatic carbocycles. The quantitative estimate of drug-likeness (QED) is 0.628. The number of aliphatic hydroxyl groups is 1. The number of aliphatic hydroxyl groups excluding tert-OH is 1. The maximum absolute atomic E-state index is 12.7. The van der Waals surface area contributed by atoms with Crippen LogP contribution in [-0.4, -0.2) is 52.0 Å². The topological polar surface area (TPSA) is 76.1 Å². The van der Waals surface area contributed by atoms with Crippen LogP contribution in [0.3, 0.4) is 0 Å². The standard InChI is InChI=1S/C18H31NO5/c1-8-12-11-14(15(21)23-17(2,3)4)19(13(12)9-10-20)16(22)24-18(5,6)7/h8,12-14,20H,1,9-11H2,2-7H3/t12-,13-,14-/m1/s1. The van der Waals surface area contributed by atoms with E-state index in [1.165, 1.54) is 4.90 Å². The molecule has 1 amide bonds. The number of rotatable bonds is 4. The van der Waals surface area contributed by atoms with Crippen molar-refractivity contribution in [2.45, 2.75) is 77.7 Å². The molecule has 6 heteroatoms. The van der Waals surface area contributed by atoms with Gasteiger partial charge in [0.2, 0.25) is 0 Å². The summed E-state index contributed by atoms with van der Waals surface area (Å²) in [6.45, 7) is 14.4. The van der Waals surface area contributed by atoms with Crippen LogP contribution < -0.4 is 0 Å². The molecule has 0 spiro atoms. The molecule has 1 heterocycles. The highest BCUT2D eigenvalue weighted by atomic mass is 16.6. The van der Waals surface area contributed by atoms with Crippen molar-refractivity contribution in [3.05, 3.63) is 12.7 Å². The summed E-state index contributed by atoms with van der Waals surface area (Å²) in [6.07, 6.45) is 1.93. The molecule has 0 saturated carbocycles. The molecule has 138 valence electrons. The Bertz CT molecular complexity index is 475. The Morgan fingerprint density at radius 1 is 1.17 bits per heavy atom. The highest BCUT2D eigenvalue weighted by Crippen LogP contribution is 2.35. The molecule has 0 aromatic rings. The smallest absolute Gasteiger partial charge is 0.411 e. The fourth-order valence-corrected chi connectivity index (χ4v) is 2.86. The molecule has 24 heavy (non-hydrogen) atoms. The molecule has 6 nitrogen and oxygen atoms in total. The molecule has 1 saturated heterocycles. The Morgan fingerprint density at radius 2 is 1.71 bits per heavy atom. The predicted molar refractivity (Wildman–Crippen MR) is 91.5 cm³/mol. The van der Waals surface area contributed by atoms with Gasteiger partial charge in [0.05, 0.1) is 0 Å². The van der Waals surface area contributed by atoms with Crippen molar-refractivity contribution in [2.75, 3.05) is 6.61 Å². The van der Waals surface area contributed by atoms with Gasteiger partial charge in [0.25, 0.3) is 0 Å². The second kappa shape index (κ2) is 7.55. The number of nitrogens with zero attached hydrogens (tertiary/aromatic N) is 1. The van der Waals surface area contributed by atoms with Crippen LogP contribution in [0.2, 0.25) is 0 Å². The van der Waals surface area contributed by atoms with Gasteiger partial charge in [-0.3, -0.25) is 4.90 Å². The van der Waals surface area contributed by atoms with E-state index in [2.05, 4.69) is 6.58 Å². The summed E-state index contributed by atoms with van der Waals surface area (Å²) in [5.41, 5.74) is -1.32. The molecule has 1 aliphatic heterocycles. The number of hydrogen-bond donors (Lipinski definition) is 1. The molecule has 1 N–H and O–H groups in total. The number of carbonyl (C=O) groups is 2. The van der Waals surface area contributed by atoms with Crippen LogP contribution in [0.1, 0.15) is 54.4 Å². The van der Waals surface area contributed by atoms with Crippen molar-refractivity contribution < 1.29 is 24.2 Å². The fourth-order valence-electron chi connectivity index (χ4n) is 2.86. The van der Waals surface area contributed by atoms with Crippen LogP contribution in [0.5, 0.6) is 0 Å². The number of esters is 1. The van der Waals surface area contributed by atoms with Gasteiger partial charge < -0.3 is 14.6 Å². The van der Waals surface area contributed by atoms with E-state index in [1.807, 2.05) is 0 Å². The van der Waals surface area contributed by atoms with Gasteiger partial charge in [0, 0.05) is 12.6 Å². The van der Waals surface area contributed by atoms with Crippen molar-refractivity contribution >= 4 is 12.1 Å². The Morgan fingerprint density at radius 3 is 2.12 bits per heavy atom. The third-order valence-electron chi connectivity index (χ3n) is 3.69. The maximum atomic E-state index is 12.7. The summed E-state index contributed by atoms with van der Waals surface area (Å²) in [4.78, 5) is 26.7. The van der Waals surface area contributed by atoms with Crippen LogP contribution in [-0.2, 0) is 14.3 Å². The molecular formula is C18H31NO5. The largest absolute Gasteiger partial charge is 0.458 e. The lowest BCUT2D eigenvalue weighted by Crippen LogP contribution is -2.49. The van der Waals surface area contributed by atoms with E-state index >= 15 is 0 Å². The minimum Gasteiger partial charge on any atom is -0.458 e. The van der Waals surface area contributed by atoms with Crippen LogP contribution >= 0.6 is 0 Å². The van der Waals surface area contributed by atoms with E-state index < -0.39 is 29.3 Å². The first kappa shape index (κ1) is 20.5. The minimum atomic E-state index is -0.737. The van der Waals surface area contributed by atoms with E-state index in [9.17, 15) is 14.7 Å². The second-order valence-electron chi connectivity index (χ2n) is 8.15. The average molecular weight is 341 g/mol. The Labute approximate surface area is 144 Å². The van der Waals surface area contributed by atoms with E-state index in [-0.39, 0.29) is 18.6 Å². The SMILES string of the molecule is C=C[C@@H]1C[C@H](C(=O)OC(C)(C)C)N(C(=O)OC(C)(C)C)[C@@H]1CCO. The van der Waals surface area contributed by atoms with Crippen molar-refractivity contribution in [1.82, 2.24) is 4.90 Å². The Balaban J connectivity index is 3.11. The van der Waals surface area contributed by atoms with Crippen LogP contribution in [0.15, 0.2) is 12.7 Å². The molecule has 0 bridgehead atoms. The van der Waals surface area contributed by atoms with E-state index in [0.29, 0.717) is 12.8 Å². The Hall–Kier alpha value is -1.56. The lowest BCUT2D eigenvalue weighted by molar-refractivity contribution is -0.160. The van der Waals surface area contributed by atoms with Gasteiger partial charge in [-0.1, -0.05) is 6.08 Å². The molecule has 3 atom stereocenters. The molecule has 0 unspecified atom stereocenters. The molecule has 1 aliphatic rings. The molecule has 0 radical (unpaired) electrons. The summed E-state index contributed by atoms with van der Waals surface area (Å²) >= 11 is 0. The number of likely N-dealkylation sites (tertiary alicyclic amines) is 1. The first-order valence-corrected chi connectivity index (χ1v) is 8.37. The average Bonchev–Trinajstić information content (AvgIpc) is 2.74. The monoisotopic (exact) mass is 341 g/mol. The lowest BCUT2D eigenvalue weighted by atomic mass is 9.97. The molecule has 0 aromatic heterocycles. The zero-order valence-electron chi connectivity index (χ0n) is 15.7. The number of amides is 1. The number of ether oxygens (including phenoxy) is 2. The van der Waals surface area contributed by atoms with Gasteiger partial charge in [-0.15, -0.1) is 6.58 Å². The van der Waals surface area contributed by atoms with Crippen LogP contribution in [0.25, 0.3) is 0 Å². The highest BCUT2D eigenvalue weighted by Gasteiger charge is 2.48. The highest BCUT2D eigenvalue weighted by molar-refractivity contribution is 5.83. The summed E-state index contributed by atoms with van der Waals surface area (Å²) in [5, 5.41) is 9.35. The van der Waals surface area contributed by atoms with Gasteiger partial charge in [-0.25, -0.2) is 9.59 Å². The second-order valence-corrected chi connectivity index (χ2v) is 8.15. The summed E-state index contributed by atoms with van der Waals surface area (Å²) in [7, 11) is 0. The first-order chi connectivity index (χ1) is 10.9.